The highest BCUT2D eigenvalue weighted by Crippen LogP contribution is 2.29. The van der Waals surface area contributed by atoms with Crippen molar-refractivity contribution in [2.24, 2.45) is 0 Å². The standard InChI is InChI=1S/C15H18F3N3OS/c1-14(2,3)19-13(23)21-20-12(22)8-7-10-5-4-6-11(9-10)15(16,17)18/h4-9H,1-3H3,(H,20,22)(H2,19,21,23)/b8-7+. The van der Waals surface area contributed by atoms with Gasteiger partial charge >= 0.3 is 6.18 Å². The fourth-order valence-corrected chi connectivity index (χ4v) is 1.88. The summed E-state index contributed by atoms with van der Waals surface area (Å²) in [7, 11) is 0. The Morgan fingerprint density at radius 3 is 2.39 bits per heavy atom. The van der Waals surface area contributed by atoms with Crippen LogP contribution in [0, 0.1) is 0 Å². The Balaban J connectivity index is 2.58. The molecule has 0 atom stereocenters. The predicted molar refractivity (Wildman–Crippen MR) is 87.2 cm³/mol. The van der Waals surface area contributed by atoms with Crippen LogP contribution in [0.1, 0.15) is 31.9 Å². The maximum Gasteiger partial charge on any atom is 0.416 e. The number of halogens is 3. The zero-order valence-electron chi connectivity index (χ0n) is 12.9. The molecular formula is C15H18F3N3OS. The van der Waals surface area contributed by atoms with Gasteiger partial charge in [0.1, 0.15) is 0 Å². The summed E-state index contributed by atoms with van der Waals surface area (Å²) in [5.41, 5.74) is 4.06. The highest BCUT2D eigenvalue weighted by Gasteiger charge is 2.30. The number of rotatable bonds is 2. The lowest BCUT2D eigenvalue weighted by Gasteiger charge is -2.22. The van der Waals surface area contributed by atoms with E-state index in [1.165, 1.54) is 18.2 Å². The highest BCUT2D eigenvalue weighted by molar-refractivity contribution is 7.80. The van der Waals surface area contributed by atoms with Gasteiger partial charge in [0.15, 0.2) is 5.11 Å². The molecule has 4 nitrogen and oxygen atoms in total. The van der Waals surface area contributed by atoms with E-state index in [0.717, 1.165) is 18.2 Å². The van der Waals surface area contributed by atoms with Crippen LogP contribution in [0.25, 0.3) is 6.08 Å². The van der Waals surface area contributed by atoms with Crippen molar-refractivity contribution in [3.8, 4) is 0 Å². The average Bonchev–Trinajstić information content (AvgIpc) is 2.40. The topological polar surface area (TPSA) is 53.2 Å². The Hall–Kier alpha value is -2.09. The van der Waals surface area contributed by atoms with Crippen molar-refractivity contribution in [1.82, 2.24) is 16.2 Å². The van der Waals surface area contributed by atoms with Gasteiger partial charge < -0.3 is 5.32 Å². The minimum Gasteiger partial charge on any atom is -0.357 e. The van der Waals surface area contributed by atoms with Crippen molar-refractivity contribution in [2.75, 3.05) is 0 Å². The molecule has 1 aromatic rings. The monoisotopic (exact) mass is 345 g/mol. The lowest BCUT2D eigenvalue weighted by Crippen LogP contribution is -2.51. The first-order valence-electron chi connectivity index (χ1n) is 6.71. The molecule has 8 heteroatoms. The molecule has 0 aliphatic heterocycles. The van der Waals surface area contributed by atoms with Gasteiger partial charge in [0, 0.05) is 11.6 Å². The first-order valence-corrected chi connectivity index (χ1v) is 7.12. The van der Waals surface area contributed by atoms with Crippen molar-refractivity contribution in [3.05, 3.63) is 41.5 Å². The van der Waals surface area contributed by atoms with E-state index >= 15 is 0 Å². The number of hydrogen-bond acceptors (Lipinski definition) is 2. The van der Waals surface area contributed by atoms with Gasteiger partial charge in [-0.1, -0.05) is 12.1 Å². The Bertz CT molecular complexity index is 607. The van der Waals surface area contributed by atoms with Crippen LogP contribution in [0.3, 0.4) is 0 Å². The Kier molecular flexibility index (Phi) is 6.14. The summed E-state index contributed by atoms with van der Waals surface area (Å²) in [5.74, 6) is -0.541. The quantitative estimate of drug-likeness (QED) is 0.438. The van der Waals surface area contributed by atoms with Crippen LogP contribution in [0.5, 0.6) is 0 Å². The minimum absolute atomic E-state index is 0.235. The first kappa shape index (κ1) is 19.0. The second-order valence-corrected chi connectivity index (χ2v) is 6.18. The van der Waals surface area contributed by atoms with Gasteiger partial charge in [-0.25, -0.2) is 0 Å². The fourth-order valence-electron chi connectivity index (χ4n) is 1.52. The Morgan fingerprint density at radius 2 is 1.83 bits per heavy atom. The molecule has 0 aromatic heterocycles. The van der Waals surface area contributed by atoms with Gasteiger partial charge in [-0.3, -0.25) is 15.6 Å². The molecule has 0 bridgehead atoms. The number of alkyl halides is 3. The number of nitrogens with one attached hydrogen (secondary N) is 3. The van der Waals surface area contributed by atoms with Gasteiger partial charge in [0.25, 0.3) is 5.91 Å². The average molecular weight is 345 g/mol. The lowest BCUT2D eigenvalue weighted by atomic mass is 10.1. The van der Waals surface area contributed by atoms with E-state index in [1.807, 2.05) is 20.8 Å². The largest absolute Gasteiger partial charge is 0.416 e. The molecule has 0 saturated heterocycles. The molecule has 0 radical (unpaired) electrons. The summed E-state index contributed by atoms with van der Waals surface area (Å²) >= 11 is 4.97. The molecule has 0 aliphatic carbocycles. The van der Waals surface area contributed by atoms with Crippen molar-refractivity contribution in [2.45, 2.75) is 32.5 Å². The Morgan fingerprint density at radius 1 is 1.17 bits per heavy atom. The molecule has 0 unspecified atom stereocenters. The van der Waals surface area contributed by atoms with Gasteiger partial charge in [0.05, 0.1) is 5.56 Å². The number of benzene rings is 1. The molecule has 126 valence electrons. The summed E-state index contributed by atoms with van der Waals surface area (Å²) in [6.45, 7) is 5.70. The van der Waals surface area contributed by atoms with E-state index in [0.29, 0.717) is 0 Å². The van der Waals surface area contributed by atoms with Crippen LogP contribution in [-0.4, -0.2) is 16.6 Å². The summed E-state index contributed by atoms with van der Waals surface area (Å²) in [6, 6.07) is 4.68. The molecule has 0 heterocycles. The minimum atomic E-state index is -4.42. The molecule has 1 aromatic carbocycles. The van der Waals surface area contributed by atoms with Gasteiger partial charge in [-0.2, -0.15) is 13.2 Å². The summed E-state index contributed by atoms with van der Waals surface area (Å²) in [4.78, 5) is 11.6. The normalized spacial score (nSPS) is 12.1. The van der Waals surface area contributed by atoms with E-state index in [-0.39, 0.29) is 16.2 Å². The number of hydrogen-bond donors (Lipinski definition) is 3. The van der Waals surface area contributed by atoms with Crippen LogP contribution in [0.15, 0.2) is 30.3 Å². The van der Waals surface area contributed by atoms with E-state index in [4.69, 9.17) is 12.2 Å². The number of thiocarbonyl (C=S) groups is 1. The van der Waals surface area contributed by atoms with Crippen LogP contribution in [-0.2, 0) is 11.0 Å². The van der Waals surface area contributed by atoms with Crippen LogP contribution in [0.2, 0.25) is 0 Å². The van der Waals surface area contributed by atoms with Gasteiger partial charge in [0.2, 0.25) is 0 Å². The van der Waals surface area contributed by atoms with E-state index < -0.39 is 17.6 Å². The molecule has 0 fully saturated rings. The number of hydrazine groups is 1. The van der Waals surface area contributed by atoms with Crippen LogP contribution in [0.4, 0.5) is 13.2 Å². The fraction of sp³-hybridized carbons (Fsp3) is 0.333. The molecule has 0 saturated carbocycles. The van der Waals surface area contributed by atoms with Gasteiger partial charge in [-0.05, 0) is 56.8 Å². The second-order valence-electron chi connectivity index (χ2n) is 5.77. The second kappa shape index (κ2) is 7.45. The van der Waals surface area contributed by atoms with Crippen LogP contribution >= 0.6 is 12.2 Å². The molecule has 0 aliphatic rings. The smallest absolute Gasteiger partial charge is 0.357 e. The zero-order chi connectivity index (χ0) is 17.7. The van der Waals surface area contributed by atoms with Crippen molar-refractivity contribution in [3.63, 3.8) is 0 Å². The molecule has 0 spiro atoms. The molecule has 1 amide bonds. The number of amides is 1. The molecule has 23 heavy (non-hydrogen) atoms. The lowest BCUT2D eigenvalue weighted by molar-refractivity contribution is -0.137. The Labute approximate surface area is 138 Å². The summed E-state index contributed by atoms with van der Waals surface area (Å²) in [5, 5.41) is 3.16. The SMILES string of the molecule is CC(C)(C)NC(=S)NNC(=O)/C=C/c1cccc(C(F)(F)F)c1. The number of carbonyl (C=O) groups is 1. The summed E-state index contributed by atoms with van der Waals surface area (Å²) in [6.07, 6.45) is -2.02. The molecular weight excluding hydrogens is 327 g/mol. The van der Waals surface area contributed by atoms with E-state index in [1.54, 1.807) is 0 Å². The van der Waals surface area contributed by atoms with Crippen molar-refractivity contribution < 1.29 is 18.0 Å². The maximum absolute atomic E-state index is 12.6. The van der Waals surface area contributed by atoms with Crippen LogP contribution < -0.4 is 16.2 Å². The van der Waals surface area contributed by atoms with Crippen molar-refractivity contribution in [1.29, 1.82) is 0 Å². The predicted octanol–water partition coefficient (Wildman–Crippen LogP) is 3.01. The molecule has 3 N–H and O–H groups in total. The van der Waals surface area contributed by atoms with E-state index in [9.17, 15) is 18.0 Å². The third kappa shape index (κ3) is 7.64. The molecule has 1 rings (SSSR count). The zero-order valence-corrected chi connectivity index (χ0v) is 13.7. The van der Waals surface area contributed by atoms with E-state index in [2.05, 4.69) is 16.2 Å². The third-order valence-electron chi connectivity index (χ3n) is 2.43. The van der Waals surface area contributed by atoms with Crippen molar-refractivity contribution >= 4 is 29.3 Å². The summed E-state index contributed by atoms with van der Waals surface area (Å²) < 4.78 is 37.7. The number of carbonyl (C=O) groups excluding carboxylic acids is 1. The van der Waals surface area contributed by atoms with Gasteiger partial charge in [-0.15, -0.1) is 0 Å². The third-order valence-corrected chi connectivity index (χ3v) is 2.63. The first-order chi connectivity index (χ1) is 10.5. The maximum atomic E-state index is 12.6. The highest BCUT2D eigenvalue weighted by atomic mass is 32.1.